The molecule has 2 rings (SSSR count). The van der Waals surface area contributed by atoms with Gasteiger partial charge < -0.3 is 20.2 Å². The second kappa shape index (κ2) is 6.75. The molecule has 0 bridgehead atoms. The van der Waals surface area contributed by atoms with Crippen molar-refractivity contribution in [2.75, 3.05) is 13.2 Å². The fourth-order valence-electron chi connectivity index (χ4n) is 2.51. The lowest BCUT2D eigenvalue weighted by Crippen LogP contribution is -2.58. The summed E-state index contributed by atoms with van der Waals surface area (Å²) < 4.78 is 50.8. The zero-order valence-electron chi connectivity index (χ0n) is 13.6. The molecule has 0 aliphatic heterocycles. The number of ether oxygens (including phenoxy) is 2. The van der Waals surface area contributed by atoms with E-state index in [1.165, 1.54) is 32.0 Å². The number of hydrogen-bond acceptors (Lipinski definition) is 5. The van der Waals surface area contributed by atoms with E-state index < -0.39 is 34.9 Å². The van der Waals surface area contributed by atoms with Crippen LogP contribution in [0.3, 0.4) is 0 Å². The fraction of sp³-hybridized carbons (Fsp3) is 0.375. The molecule has 0 saturated heterocycles. The molecule has 1 atom stereocenters. The van der Waals surface area contributed by atoms with Crippen molar-refractivity contribution in [3.8, 4) is 0 Å². The number of aromatic nitrogens is 1. The van der Waals surface area contributed by atoms with Crippen LogP contribution >= 0.6 is 0 Å². The van der Waals surface area contributed by atoms with Crippen molar-refractivity contribution in [2.45, 2.75) is 25.6 Å². The SMILES string of the molecule is CCOC(=O)c1[nH]c2ccccc2c1[C@](N)(C(=O)OCC)C(F)(F)F. The second-order valence-electron chi connectivity index (χ2n) is 5.17. The summed E-state index contributed by atoms with van der Waals surface area (Å²) in [6, 6.07) is 5.82. The number of halogens is 3. The number of fused-ring (bicyclic) bond motifs is 1. The molecule has 0 saturated carbocycles. The van der Waals surface area contributed by atoms with Gasteiger partial charge >= 0.3 is 18.1 Å². The highest BCUT2D eigenvalue weighted by Crippen LogP contribution is 2.43. The molecular weight excluding hydrogens is 341 g/mol. The zero-order chi connectivity index (χ0) is 18.8. The lowest BCUT2D eigenvalue weighted by Gasteiger charge is -2.30. The van der Waals surface area contributed by atoms with Crippen LogP contribution in [-0.4, -0.2) is 36.3 Å². The maximum atomic E-state index is 13.8. The summed E-state index contributed by atoms with van der Waals surface area (Å²) in [6.45, 7) is 2.50. The Hall–Kier alpha value is -2.55. The summed E-state index contributed by atoms with van der Waals surface area (Å²) in [4.78, 5) is 26.9. The van der Waals surface area contributed by atoms with Crippen LogP contribution in [0.15, 0.2) is 24.3 Å². The molecule has 0 radical (unpaired) electrons. The molecule has 0 aliphatic rings. The standard InChI is InChI=1S/C16H17F3N2O4/c1-3-24-13(22)12-11(9-7-5-6-8-10(9)21-12)15(20,16(17,18)19)14(23)25-4-2/h5-8,21H,3-4,20H2,1-2H3/t15-/m0/s1. The van der Waals surface area contributed by atoms with Crippen molar-refractivity contribution in [2.24, 2.45) is 5.73 Å². The Balaban J connectivity index is 2.84. The summed E-state index contributed by atoms with van der Waals surface area (Å²) in [5, 5.41) is -0.0153. The van der Waals surface area contributed by atoms with E-state index in [-0.39, 0.29) is 24.1 Å². The van der Waals surface area contributed by atoms with E-state index in [2.05, 4.69) is 9.72 Å². The molecule has 1 heterocycles. The van der Waals surface area contributed by atoms with Crippen molar-refractivity contribution in [1.82, 2.24) is 4.98 Å². The fourth-order valence-corrected chi connectivity index (χ4v) is 2.51. The number of esters is 2. The third kappa shape index (κ3) is 3.07. The highest BCUT2D eigenvalue weighted by atomic mass is 19.4. The van der Waals surface area contributed by atoms with Crippen LogP contribution in [-0.2, 0) is 19.8 Å². The molecule has 9 heteroatoms. The average molecular weight is 358 g/mol. The Bertz CT molecular complexity index is 800. The Morgan fingerprint density at radius 1 is 1.12 bits per heavy atom. The van der Waals surface area contributed by atoms with Crippen LogP contribution in [0.2, 0.25) is 0 Å². The number of carbonyl (C=O) groups excluding carboxylic acids is 2. The summed E-state index contributed by atoms with van der Waals surface area (Å²) >= 11 is 0. The van der Waals surface area contributed by atoms with Crippen LogP contribution in [0.1, 0.15) is 29.9 Å². The van der Waals surface area contributed by atoms with Crippen molar-refractivity contribution in [1.29, 1.82) is 0 Å². The molecule has 0 fully saturated rings. The largest absolute Gasteiger partial charge is 0.464 e. The third-order valence-corrected chi connectivity index (χ3v) is 3.62. The Morgan fingerprint density at radius 2 is 1.72 bits per heavy atom. The number of para-hydroxylation sites is 1. The lowest BCUT2D eigenvalue weighted by atomic mass is 9.87. The van der Waals surface area contributed by atoms with Gasteiger partial charge in [0.1, 0.15) is 5.69 Å². The van der Waals surface area contributed by atoms with Crippen LogP contribution in [0.4, 0.5) is 13.2 Å². The number of nitrogens with two attached hydrogens (primary N) is 1. The Kier molecular flexibility index (Phi) is 5.07. The van der Waals surface area contributed by atoms with E-state index in [0.717, 1.165) is 0 Å². The number of benzene rings is 1. The van der Waals surface area contributed by atoms with Crippen molar-refractivity contribution >= 4 is 22.8 Å². The first-order chi connectivity index (χ1) is 11.7. The minimum Gasteiger partial charge on any atom is -0.464 e. The molecule has 0 aliphatic carbocycles. The molecule has 136 valence electrons. The lowest BCUT2D eigenvalue weighted by molar-refractivity contribution is -0.208. The van der Waals surface area contributed by atoms with E-state index >= 15 is 0 Å². The average Bonchev–Trinajstić information content (AvgIpc) is 2.93. The summed E-state index contributed by atoms with van der Waals surface area (Å²) in [6.07, 6.45) is -5.20. The minimum atomic E-state index is -5.20. The number of nitrogens with one attached hydrogen (secondary N) is 1. The molecule has 2 aromatic rings. The smallest absolute Gasteiger partial charge is 0.421 e. The van der Waals surface area contributed by atoms with Gasteiger partial charge in [-0.3, -0.25) is 0 Å². The van der Waals surface area contributed by atoms with Gasteiger partial charge in [0.05, 0.1) is 13.2 Å². The quantitative estimate of drug-likeness (QED) is 0.802. The van der Waals surface area contributed by atoms with Crippen molar-refractivity contribution < 1.29 is 32.2 Å². The predicted octanol–water partition coefficient (Wildman–Crippen LogP) is 2.62. The summed E-state index contributed by atoms with van der Waals surface area (Å²) in [5.41, 5.74) is 0.986. The molecule has 6 nitrogen and oxygen atoms in total. The monoisotopic (exact) mass is 358 g/mol. The van der Waals surface area contributed by atoms with Crippen molar-refractivity contribution in [3.63, 3.8) is 0 Å². The van der Waals surface area contributed by atoms with Gasteiger partial charge in [-0.25, -0.2) is 9.59 Å². The van der Waals surface area contributed by atoms with Crippen LogP contribution in [0.25, 0.3) is 10.9 Å². The van der Waals surface area contributed by atoms with Crippen LogP contribution in [0.5, 0.6) is 0 Å². The van der Waals surface area contributed by atoms with E-state index in [0.29, 0.717) is 0 Å². The highest BCUT2D eigenvalue weighted by molar-refractivity contribution is 6.03. The maximum Gasteiger partial charge on any atom is 0.421 e. The van der Waals surface area contributed by atoms with Crippen molar-refractivity contribution in [3.05, 3.63) is 35.5 Å². The van der Waals surface area contributed by atoms with Gasteiger partial charge in [0.25, 0.3) is 0 Å². The molecule has 0 unspecified atom stereocenters. The topological polar surface area (TPSA) is 94.4 Å². The second-order valence-corrected chi connectivity index (χ2v) is 5.17. The zero-order valence-corrected chi connectivity index (χ0v) is 13.6. The van der Waals surface area contributed by atoms with Gasteiger partial charge in [-0.05, 0) is 19.9 Å². The number of hydrogen-bond donors (Lipinski definition) is 2. The van der Waals surface area contributed by atoms with Gasteiger partial charge in [0.15, 0.2) is 0 Å². The number of alkyl halides is 3. The Labute approximate surface area is 141 Å². The van der Waals surface area contributed by atoms with Gasteiger partial charge in [-0.2, -0.15) is 13.2 Å². The van der Waals surface area contributed by atoms with Gasteiger partial charge in [0, 0.05) is 16.5 Å². The van der Waals surface area contributed by atoms with Crippen LogP contribution < -0.4 is 5.73 Å². The first-order valence-electron chi connectivity index (χ1n) is 7.49. The predicted molar refractivity (Wildman–Crippen MR) is 82.8 cm³/mol. The molecule has 3 N–H and O–H groups in total. The number of rotatable bonds is 5. The minimum absolute atomic E-state index is 0.0153. The maximum absolute atomic E-state index is 13.8. The summed E-state index contributed by atoms with van der Waals surface area (Å²) in [5.74, 6) is -2.74. The first-order valence-corrected chi connectivity index (χ1v) is 7.49. The van der Waals surface area contributed by atoms with E-state index in [9.17, 15) is 22.8 Å². The molecule has 0 spiro atoms. The van der Waals surface area contributed by atoms with E-state index in [1.54, 1.807) is 6.07 Å². The van der Waals surface area contributed by atoms with Crippen LogP contribution in [0, 0.1) is 0 Å². The molecular formula is C16H17F3N2O4. The normalized spacial score (nSPS) is 14.2. The Morgan fingerprint density at radius 3 is 2.28 bits per heavy atom. The van der Waals surface area contributed by atoms with E-state index in [4.69, 9.17) is 10.5 Å². The molecule has 25 heavy (non-hydrogen) atoms. The third-order valence-electron chi connectivity index (χ3n) is 3.62. The van der Waals surface area contributed by atoms with Gasteiger partial charge in [0.2, 0.25) is 5.54 Å². The highest BCUT2D eigenvalue weighted by Gasteiger charge is 2.62. The number of H-pyrrole nitrogens is 1. The van der Waals surface area contributed by atoms with Gasteiger partial charge in [-0.15, -0.1) is 0 Å². The molecule has 1 aromatic heterocycles. The molecule has 0 amide bonds. The number of aromatic amines is 1. The summed E-state index contributed by atoms with van der Waals surface area (Å²) in [7, 11) is 0. The van der Waals surface area contributed by atoms with Gasteiger partial charge in [-0.1, -0.05) is 18.2 Å². The first kappa shape index (κ1) is 18.8. The number of carbonyl (C=O) groups is 2. The molecule has 1 aromatic carbocycles. The van der Waals surface area contributed by atoms with E-state index in [1.807, 2.05) is 0 Å².